The first-order chi connectivity index (χ1) is 8.49. The van der Waals surface area contributed by atoms with E-state index in [1.165, 1.54) is 6.92 Å². The predicted molar refractivity (Wildman–Crippen MR) is 62.8 cm³/mol. The average Bonchev–Trinajstić information content (AvgIpc) is 2.17. The van der Waals surface area contributed by atoms with Crippen molar-refractivity contribution in [2.24, 2.45) is 0 Å². The van der Waals surface area contributed by atoms with Gasteiger partial charge in [-0.1, -0.05) is 0 Å². The van der Waals surface area contributed by atoms with Gasteiger partial charge in [0.25, 0.3) is 0 Å². The summed E-state index contributed by atoms with van der Waals surface area (Å²) in [4.78, 5) is 44.8. The second kappa shape index (κ2) is 8.08. The summed E-state index contributed by atoms with van der Waals surface area (Å²) >= 11 is 0. The maximum Gasteiger partial charge on any atom is 0.469 e. The van der Waals surface area contributed by atoms with E-state index in [9.17, 15) is 13.9 Å². The SMILES string of the molecule is CC(=O)NC(CCCOP(=O)(O)O)COP(=O)(O)O. The number of phosphoric ester groups is 2. The Morgan fingerprint density at radius 2 is 1.68 bits per heavy atom. The van der Waals surface area contributed by atoms with Crippen LogP contribution in [0.3, 0.4) is 0 Å². The van der Waals surface area contributed by atoms with Gasteiger partial charge >= 0.3 is 15.6 Å². The molecule has 0 fully saturated rings. The topological polar surface area (TPSA) is 163 Å². The monoisotopic (exact) mass is 321 g/mol. The third kappa shape index (κ3) is 13.9. The first kappa shape index (κ1) is 18.7. The number of hydrogen-bond donors (Lipinski definition) is 5. The third-order valence-electron chi connectivity index (χ3n) is 1.81. The zero-order valence-corrected chi connectivity index (χ0v) is 11.9. The molecule has 0 aromatic rings. The Hall–Kier alpha value is -0.310. The minimum Gasteiger partial charge on any atom is -0.351 e. The van der Waals surface area contributed by atoms with Crippen LogP contribution in [0.4, 0.5) is 0 Å². The Kier molecular flexibility index (Phi) is 7.95. The smallest absolute Gasteiger partial charge is 0.351 e. The zero-order valence-electron chi connectivity index (χ0n) is 10.1. The van der Waals surface area contributed by atoms with Gasteiger partial charge in [-0.3, -0.25) is 13.8 Å². The molecule has 5 N–H and O–H groups in total. The first-order valence-electron chi connectivity index (χ1n) is 5.17. The molecule has 0 heterocycles. The van der Waals surface area contributed by atoms with Gasteiger partial charge in [-0.05, 0) is 12.8 Å². The van der Waals surface area contributed by atoms with Crippen molar-refractivity contribution in [3.63, 3.8) is 0 Å². The summed E-state index contributed by atoms with van der Waals surface area (Å²) in [7, 11) is -9.17. The fraction of sp³-hybridized carbons (Fsp3) is 0.857. The highest BCUT2D eigenvalue weighted by Crippen LogP contribution is 2.36. The van der Waals surface area contributed by atoms with E-state index < -0.39 is 34.2 Å². The minimum absolute atomic E-state index is 0.167. The molecule has 0 spiro atoms. The number of carbonyl (C=O) groups is 1. The normalized spacial score (nSPS) is 14.2. The molecule has 10 nitrogen and oxygen atoms in total. The molecule has 19 heavy (non-hydrogen) atoms. The number of amides is 1. The average molecular weight is 321 g/mol. The van der Waals surface area contributed by atoms with Crippen LogP contribution in [-0.4, -0.2) is 44.7 Å². The molecule has 0 saturated heterocycles. The van der Waals surface area contributed by atoms with Crippen molar-refractivity contribution in [3.8, 4) is 0 Å². The van der Waals surface area contributed by atoms with E-state index in [4.69, 9.17) is 19.6 Å². The summed E-state index contributed by atoms with van der Waals surface area (Å²) in [6, 6.07) is -0.689. The molecule has 1 amide bonds. The van der Waals surface area contributed by atoms with E-state index in [1.807, 2.05) is 0 Å². The van der Waals surface area contributed by atoms with Crippen LogP contribution in [0.25, 0.3) is 0 Å². The van der Waals surface area contributed by atoms with Crippen LogP contribution < -0.4 is 5.32 Å². The summed E-state index contributed by atoms with van der Waals surface area (Å²) in [5.41, 5.74) is 0. The van der Waals surface area contributed by atoms with E-state index in [-0.39, 0.29) is 19.4 Å². The molecule has 1 atom stereocenters. The molecule has 1 unspecified atom stereocenters. The molecule has 0 aliphatic rings. The van der Waals surface area contributed by atoms with Crippen molar-refractivity contribution in [1.29, 1.82) is 0 Å². The van der Waals surface area contributed by atoms with Gasteiger partial charge in [0.15, 0.2) is 0 Å². The molecular weight excluding hydrogens is 304 g/mol. The summed E-state index contributed by atoms with van der Waals surface area (Å²) in [5, 5.41) is 2.39. The van der Waals surface area contributed by atoms with Crippen LogP contribution in [-0.2, 0) is 23.0 Å². The van der Waals surface area contributed by atoms with Crippen molar-refractivity contribution in [3.05, 3.63) is 0 Å². The summed E-state index contributed by atoms with van der Waals surface area (Å²) in [6.07, 6.45) is 0.347. The lowest BCUT2D eigenvalue weighted by atomic mass is 10.2. The van der Waals surface area contributed by atoms with E-state index >= 15 is 0 Å². The van der Waals surface area contributed by atoms with Crippen LogP contribution in [0, 0.1) is 0 Å². The highest BCUT2D eigenvalue weighted by atomic mass is 31.2. The fourth-order valence-corrected chi connectivity index (χ4v) is 1.93. The van der Waals surface area contributed by atoms with Gasteiger partial charge in [0.1, 0.15) is 0 Å². The van der Waals surface area contributed by atoms with Crippen LogP contribution >= 0.6 is 15.6 Å². The van der Waals surface area contributed by atoms with E-state index in [0.29, 0.717) is 0 Å². The lowest BCUT2D eigenvalue weighted by Gasteiger charge is -2.18. The van der Waals surface area contributed by atoms with Crippen LogP contribution in [0.2, 0.25) is 0 Å². The molecule has 114 valence electrons. The van der Waals surface area contributed by atoms with Gasteiger partial charge in [-0.25, -0.2) is 9.13 Å². The third-order valence-corrected chi connectivity index (χ3v) is 2.81. The number of phosphoric acid groups is 2. The Morgan fingerprint density at radius 3 is 2.11 bits per heavy atom. The van der Waals surface area contributed by atoms with Crippen LogP contribution in [0.15, 0.2) is 0 Å². The molecular formula is C7H17NO9P2. The lowest BCUT2D eigenvalue weighted by Crippen LogP contribution is -2.36. The molecule has 0 aliphatic carbocycles. The van der Waals surface area contributed by atoms with Gasteiger partial charge in [-0.15, -0.1) is 0 Å². The Bertz CT molecular complexity index is 375. The van der Waals surface area contributed by atoms with Crippen molar-refractivity contribution < 1.29 is 42.5 Å². The number of nitrogens with one attached hydrogen (secondary N) is 1. The number of rotatable bonds is 9. The summed E-state index contributed by atoms with van der Waals surface area (Å²) in [6.45, 7) is 0.548. The number of carbonyl (C=O) groups excluding carboxylic acids is 1. The fourth-order valence-electron chi connectivity index (χ4n) is 1.18. The molecule has 0 aliphatic heterocycles. The molecule has 0 saturated carbocycles. The quantitative estimate of drug-likeness (QED) is 0.278. The molecule has 0 bridgehead atoms. The maximum atomic E-state index is 10.9. The highest BCUT2D eigenvalue weighted by Gasteiger charge is 2.19. The van der Waals surface area contributed by atoms with Crippen molar-refractivity contribution >= 4 is 21.6 Å². The van der Waals surface area contributed by atoms with Crippen molar-refractivity contribution in [1.82, 2.24) is 5.32 Å². The Labute approximate surface area is 109 Å². The van der Waals surface area contributed by atoms with Gasteiger partial charge in [-0.2, -0.15) is 0 Å². The second-order valence-corrected chi connectivity index (χ2v) is 6.13. The molecule has 12 heteroatoms. The maximum absolute atomic E-state index is 10.9. The van der Waals surface area contributed by atoms with Crippen molar-refractivity contribution in [2.45, 2.75) is 25.8 Å². The van der Waals surface area contributed by atoms with Gasteiger partial charge in [0, 0.05) is 6.92 Å². The van der Waals surface area contributed by atoms with Gasteiger partial charge in [0.2, 0.25) is 5.91 Å². The van der Waals surface area contributed by atoms with E-state index in [2.05, 4.69) is 14.4 Å². The predicted octanol–water partition coefficient (Wildman–Crippen LogP) is -0.510. The Morgan fingerprint density at radius 1 is 1.16 bits per heavy atom. The van der Waals surface area contributed by atoms with E-state index in [0.717, 1.165) is 0 Å². The van der Waals surface area contributed by atoms with Gasteiger partial charge in [0.05, 0.1) is 19.3 Å². The van der Waals surface area contributed by atoms with Crippen molar-refractivity contribution in [2.75, 3.05) is 13.2 Å². The minimum atomic E-state index is -4.64. The molecule has 0 aromatic carbocycles. The first-order valence-corrected chi connectivity index (χ1v) is 8.23. The van der Waals surface area contributed by atoms with Gasteiger partial charge < -0.3 is 24.9 Å². The summed E-state index contributed by atoms with van der Waals surface area (Å²) < 4.78 is 29.3. The second-order valence-electron chi connectivity index (χ2n) is 3.65. The molecule has 0 rings (SSSR count). The van der Waals surface area contributed by atoms with Crippen LogP contribution in [0.5, 0.6) is 0 Å². The standard InChI is InChI=1S/C7H17NO9P2/c1-6(9)8-7(5-17-19(13,14)15)3-2-4-16-18(10,11)12/h7H,2-5H2,1H3,(H,8,9)(H2,10,11,12)(H2,13,14,15). The number of hydrogen-bond acceptors (Lipinski definition) is 5. The largest absolute Gasteiger partial charge is 0.469 e. The molecule has 0 aromatic heterocycles. The molecule has 0 radical (unpaired) electrons. The zero-order chi connectivity index (χ0) is 15.1. The lowest BCUT2D eigenvalue weighted by molar-refractivity contribution is -0.120. The van der Waals surface area contributed by atoms with Crippen LogP contribution in [0.1, 0.15) is 19.8 Å². The van der Waals surface area contributed by atoms with E-state index in [1.54, 1.807) is 0 Å². The highest BCUT2D eigenvalue weighted by molar-refractivity contribution is 7.46. The Balaban J connectivity index is 4.10. The summed E-state index contributed by atoms with van der Waals surface area (Å²) in [5.74, 6) is -0.421.